The van der Waals surface area contributed by atoms with E-state index in [0.29, 0.717) is 6.04 Å². The van der Waals surface area contributed by atoms with Gasteiger partial charge in [0, 0.05) is 6.04 Å². The van der Waals surface area contributed by atoms with Crippen LogP contribution in [0.2, 0.25) is 0 Å². The van der Waals surface area contributed by atoms with Crippen LogP contribution in [0.4, 0.5) is 0 Å². The van der Waals surface area contributed by atoms with Crippen LogP contribution in [0.25, 0.3) is 0 Å². The van der Waals surface area contributed by atoms with Gasteiger partial charge in [0.2, 0.25) is 0 Å². The van der Waals surface area contributed by atoms with E-state index in [0.717, 1.165) is 25.3 Å². The van der Waals surface area contributed by atoms with Gasteiger partial charge in [-0.15, -0.1) is 0 Å². The molecule has 0 radical (unpaired) electrons. The summed E-state index contributed by atoms with van der Waals surface area (Å²) in [6, 6.07) is 9.06. The summed E-state index contributed by atoms with van der Waals surface area (Å²) in [4.78, 5) is 0. The molecule has 1 aliphatic heterocycles. The van der Waals surface area contributed by atoms with Crippen molar-refractivity contribution in [3.8, 4) is 5.75 Å². The maximum absolute atomic E-state index is 5.55. The molecule has 2 heteroatoms. The van der Waals surface area contributed by atoms with Gasteiger partial charge in [-0.3, -0.25) is 0 Å². The Kier molecular flexibility index (Phi) is 3.62. The van der Waals surface area contributed by atoms with E-state index in [1.807, 2.05) is 0 Å². The molecule has 1 atom stereocenters. The van der Waals surface area contributed by atoms with Crippen molar-refractivity contribution in [1.29, 1.82) is 0 Å². The van der Waals surface area contributed by atoms with Crippen LogP contribution in [0.15, 0.2) is 24.3 Å². The number of benzene rings is 1. The summed E-state index contributed by atoms with van der Waals surface area (Å²) in [5.74, 6) is 0.985. The van der Waals surface area contributed by atoms with Gasteiger partial charge < -0.3 is 10.1 Å². The van der Waals surface area contributed by atoms with E-state index in [1.165, 1.54) is 18.4 Å². The van der Waals surface area contributed by atoms with E-state index in [2.05, 4.69) is 36.5 Å². The maximum Gasteiger partial charge on any atom is 0.119 e. The molecular formula is C13H19NO. The molecule has 1 aromatic carbocycles. The smallest absolute Gasteiger partial charge is 0.119 e. The SMILES string of the molecule is CCCOc1ccc([C@@H]2CCCN2)cc1. The van der Waals surface area contributed by atoms with Crippen LogP contribution in [0.1, 0.15) is 37.8 Å². The van der Waals surface area contributed by atoms with Crippen molar-refractivity contribution < 1.29 is 4.74 Å². The number of ether oxygens (including phenoxy) is 1. The molecule has 0 amide bonds. The van der Waals surface area contributed by atoms with Crippen molar-refractivity contribution in [2.24, 2.45) is 0 Å². The fraction of sp³-hybridized carbons (Fsp3) is 0.538. The van der Waals surface area contributed by atoms with Gasteiger partial charge in [0.25, 0.3) is 0 Å². The van der Waals surface area contributed by atoms with Crippen molar-refractivity contribution >= 4 is 0 Å². The Labute approximate surface area is 91.6 Å². The Morgan fingerprint density at radius 3 is 2.73 bits per heavy atom. The Bertz CT molecular complexity index is 288. The van der Waals surface area contributed by atoms with Gasteiger partial charge >= 0.3 is 0 Å². The molecule has 2 nitrogen and oxygen atoms in total. The summed E-state index contributed by atoms with van der Waals surface area (Å²) in [7, 11) is 0. The summed E-state index contributed by atoms with van der Waals surface area (Å²) in [5, 5.41) is 3.49. The minimum Gasteiger partial charge on any atom is -0.494 e. The van der Waals surface area contributed by atoms with Gasteiger partial charge in [-0.25, -0.2) is 0 Å². The van der Waals surface area contributed by atoms with Crippen LogP contribution in [0, 0.1) is 0 Å². The topological polar surface area (TPSA) is 21.3 Å². The summed E-state index contributed by atoms with van der Waals surface area (Å²) in [6.45, 7) is 4.08. The van der Waals surface area contributed by atoms with E-state index in [-0.39, 0.29) is 0 Å². The quantitative estimate of drug-likeness (QED) is 0.816. The van der Waals surface area contributed by atoms with Crippen molar-refractivity contribution in [2.75, 3.05) is 13.2 Å². The van der Waals surface area contributed by atoms with Crippen molar-refractivity contribution in [3.05, 3.63) is 29.8 Å². The number of nitrogens with one attached hydrogen (secondary N) is 1. The number of hydrogen-bond acceptors (Lipinski definition) is 2. The van der Waals surface area contributed by atoms with E-state index < -0.39 is 0 Å². The molecule has 0 bridgehead atoms. The molecule has 0 unspecified atom stereocenters. The fourth-order valence-electron chi connectivity index (χ4n) is 1.99. The molecular weight excluding hydrogens is 186 g/mol. The molecule has 1 aromatic rings. The average Bonchev–Trinajstić information content (AvgIpc) is 2.80. The Balaban J connectivity index is 1.96. The Hall–Kier alpha value is -1.02. The van der Waals surface area contributed by atoms with E-state index in [9.17, 15) is 0 Å². The highest BCUT2D eigenvalue weighted by molar-refractivity contribution is 5.29. The average molecular weight is 205 g/mol. The van der Waals surface area contributed by atoms with Crippen LogP contribution in [0.5, 0.6) is 5.75 Å². The molecule has 0 aromatic heterocycles. The second kappa shape index (κ2) is 5.17. The third-order valence-corrected chi connectivity index (χ3v) is 2.82. The first-order chi connectivity index (χ1) is 7.40. The lowest BCUT2D eigenvalue weighted by molar-refractivity contribution is 0.317. The predicted octanol–water partition coefficient (Wildman–Crippen LogP) is 2.90. The second-order valence-electron chi connectivity index (χ2n) is 4.07. The van der Waals surface area contributed by atoms with Gasteiger partial charge in [-0.2, -0.15) is 0 Å². The van der Waals surface area contributed by atoms with Crippen LogP contribution in [-0.2, 0) is 0 Å². The largest absolute Gasteiger partial charge is 0.494 e. The molecule has 0 aliphatic carbocycles. The van der Waals surface area contributed by atoms with Crippen molar-refractivity contribution in [1.82, 2.24) is 5.32 Å². The summed E-state index contributed by atoms with van der Waals surface area (Å²) >= 11 is 0. The Morgan fingerprint density at radius 1 is 1.33 bits per heavy atom. The lowest BCUT2D eigenvalue weighted by Crippen LogP contribution is -2.12. The first kappa shape index (κ1) is 10.5. The highest BCUT2D eigenvalue weighted by atomic mass is 16.5. The van der Waals surface area contributed by atoms with Crippen LogP contribution in [0.3, 0.4) is 0 Å². The van der Waals surface area contributed by atoms with Crippen molar-refractivity contribution in [3.63, 3.8) is 0 Å². The lowest BCUT2D eigenvalue weighted by atomic mass is 10.1. The van der Waals surface area contributed by atoms with Gasteiger partial charge in [0.05, 0.1) is 6.61 Å². The standard InChI is InChI=1S/C13H19NO/c1-2-10-15-12-7-5-11(6-8-12)13-4-3-9-14-13/h5-8,13-14H,2-4,9-10H2,1H3/t13-/m0/s1. The monoisotopic (exact) mass is 205 g/mol. The summed E-state index contributed by atoms with van der Waals surface area (Å²) < 4.78 is 5.55. The third-order valence-electron chi connectivity index (χ3n) is 2.82. The molecule has 82 valence electrons. The predicted molar refractivity (Wildman–Crippen MR) is 62.2 cm³/mol. The molecule has 1 aliphatic rings. The van der Waals surface area contributed by atoms with Gasteiger partial charge in [-0.1, -0.05) is 19.1 Å². The molecule has 1 heterocycles. The highest BCUT2D eigenvalue weighted by Crippen LogP contribution is 2.24. The molecule has 15 heavy (non-hydrogen) atoms. The van der Waals surface area contributed by atoms with E-state index in [4.69, 9.17) is 4.74 Å². The number of hydrogen-bond donors (Lipinski definition) is 1. The highest BCUT2D eigenvalue weighted by Gasteiger charge is 2.15. The minimum atomic E-state index is 0.560. The van der Waals surface area contributed by atoms with Gasteiger partial charge in [0.15, 0.2) is 0 Å². The van der Waals surface area contributed by atoms with Crippen LogP contribution in [-0.4, -0.2) is 13.2 Å². The lowest BCUT2D eigenvalue weighted by Gasteiger charge is -2.11. The van der Waals surface area contributed by atoms with Gasteiger partial charge in [0.1, 0.15) is 5.75 Å². The van der Waals surface area contributed by atoms with Gasteiger partial charge in [-0.05, 0) is 43.5 Å². The second-order valence-corrected chi connectivity index (χ2v) is 4.07. The first-order valence-corrected chi connectivity index (χ1v) is 5.86. The molecule has 0 saturated carbocycles. The number of rotatable bonds is 4. The Morgan fingerprint density at radius 2 is 2.13 bits per heavy atom. The molecule has 0 spiro atoms. The zero-order chi connectivity index (χ0) is 10.5. The fourth-order valence-corrected chi connectivity index (χ4v) is 1.99. The van der Waals surface area contributed by atoms with Crippen LogP contribution < -0.4 is 10.1 Å². The van der Waals surface area contributed by atoms with E-state index >= 15 is 0 Å². The molecule has 2 rings (SSSR count). The molecule has 1 fully saturated rings. The molecule has 1 saturated heterocycles. The zero-order valence-corrected chi connectivity index (χ0v) is 9.33. The normalized spacial score (nSPS) is 20.5. The first-order valence-electron chi connectivity index (χ1n) is 5.86. The maximum atomic E-state index is 5.55. The summed E-state index contributed by atoms with van der Waals surface area (Å²) in [6.07, 6.45) is 3.61. The zero-order valence-electron chi connectivity index (χ0n) is 9.33. The summed E-state index contributed by atoms with van der Waals surface area (Å²) in [5.41, 5.74) is 1.39. The van der Waals surface area contributed by atoms with Crippen molar-refractivity contribution in [2.45, 2.75) is 32.2 Å². The van der Waals surface area contributed by atoms with Crippen LogP contribution >= 0.6 is 0 Å². The van der Waals surface area contributed by atoms with E-state index in [1.54, 1.807) is 0 Å². The molecule has 1 N–H and O–H groups in total. The minimum absolute atomic E-state index is 0.560. The third kappa shape index (κ3) is 2.72.